The first-order valence-electron chi connectivity index (χ1n) is 5.30. The highest BCUT2D eigenvalue weighted by molar-refractivity contribution is 5.83. The van der Waals surface area contributed by atoms with Crippen LogP contribution in [0, 0.1) is 29.6 Å². The van der Waals surface area contributed by atoms with E-state index in [9.17, 15) is 4.79 Å². The van der Waals surface area contributed by atoms with Gasteiger partial charge in [0, 0.05) is 12.3 Å². The van der Waals surface area contributed by atoms with Crippen molar-refractivity contribution in [1.82, 2.24) is 0 Å². The molecule has 66 valence electrons. The molecule has 1 nitrogen and oxygen atoms in total. The average Bonchev–Trinajstić information content (AvgIpc) is 2.66. The maximum absolute atomic E-state index is 11.5. The summed E-state index contributed by atoms with van der Waals surface area (Å²) in [7, 11) is 0. The largest absolute Gasteiger partial charge is 0.299 e. The minimum absolute atomic E-state index is 0.408. The summed E-state index contributed by atoms with van der Waals surface area (Å²) in [5.74, 6) is 4.45. The smallest absolute Gasteiger partial charge is 0.136 e. The van der Waals surface area contributed by atoms with Crippen molar-refractivity contribution in [1.29, 1.82) is 0 Å². The highest BCUT2D eigenvalue weighted by Gasteiger charge is 2.54. The molecule has 0 aromatic heterocycles. The average molecular weight is 164 g/mol. The number of rotatable bonds is 0. The summed E-state index contributed by atoms with van der Waals surface area (Å²) in [6.45, 7) is 2.16. The second-order valence-corrected chi connectivity index (χ2v) is 5.03. The quantitative estimate of drug-likeness (QED) is 0.536. The molecule has 3 saturated carbocycles. The van der Waals surface area contributed by atoms with Crippen LogP contribution in [0.25, 0.3) is 0 Å². The SMILES string of the molecule is C[C@H]1C(=O)C[C@@H]2[C@@H]3CC[C@@H](C3)[C@@H]21. The van der Waals surface area contributed by atoms with E-state index in [0.29, 0.717) is 11.7 Å². The molecule has 3 aliphatic carbocycles. The van der Waals surface area contributed by atoms with Crippen molar-refractivity contribution in [2.75, 3.05) is 0 Å². The molecule has 5 atom stereocenters. The fourth-order valence-corrected chi connectivity index (χ4v) is 4.17. The number of ketones is 1. The number of fused-ring (bicyclic) bond motifs is 5. The monoisotopic (exact) mass is 164 g/mol. The van der Waals surface area contributed by atoms with Crippen LogP contribution >= 0.6 is 0 Å². The van der Waals surface area contributed by atoms with E-state index >= 15 is 0 Å². The van der Waals surface area contributed by atoms with Gasteiger partial charge in [0.15, 0.2) is 0 Å². The van der Waals surface area contributed by atoms with E-state index in [1.807, 2.05) is 0 Å². The van der Waals surface area contributed by atoms with Gasteiger partial charge >= 0.3 is 0 Å². The van der Waals surface area contributed by atoms with E-state index in [2.05, 4.69) is 6.92 Å². The molecule has 0 radical (unpaired) electrons. The molecular formula is C11H16O. The van der Waals surface area contributed by atoms with E-state index in [1.165, 1.54) is 19.3 Å². The highest BCUT2D eigenvalue weighted by Crippen LogP contribution is 2.59. The Labute approximate surface area is 73.5 Å². The third-order valence-corrected chi connectivity index (χ3v) is 4.68. The first kappa shape index (κ1) is 7.11. The van der Waals surface area contributed by atoms with Crippen LogP contribution in [0.4, 0.5) is 0 Å². The van der Waals surface area contributed by atoms with Gasteiger partial charge in [0.25, 0.3) is 0 Å². The van der Waals surface area contributed by atoms with E-state index in [-0.39, 0.29) is 0 Å². The minimum atomic E-state index is 0.408. The maximum Gasteiger partial charge on any atom is 0.136 e. The molecule has 0 aromatic rings. The maximum atomic E-state index is 11.5. The molecule has 1 heteroatoms. The fraction of sp³-hybridized carbons (Fsp3) is 0.909. The van der Waals surface area contributed by atoms with Gasteiger partial charge in [0.2, 0.25) is 0 Å². The van der Waals surface area contributed by atoms with Crippen LogP contribution in [0.1, 0.15) is 32.6 Å². The number of hydrogen-bond acceptors (Lipinski definition) is 1. The first-order chi connectivity index (χ1) is 5.77. The topological polar surface area (TPSA) is 17.1 Å². The van der Waals surface area contributed by atoms with Gasteiger partial charge in [-0.3, -0.25) is 4.79 Å². The van der Waals surface area contributed by atoms with Gasteiger partial charge in [-0.2, -0.15) is 0 Å². The molecule has 3 fully saturated rings. The second kappa shape index (κ2) is 2.12. The summed E-state index contributed by atoms with van der Waals surface area (Å²) in [6, 6.07) is 0. The molecular weight excluding hydrogens is 148 g/mol. The van der Waals surface area contributed by atoms with Gasteiger partial charge < -0.3 is 0 Å². The minimum Gasteiger partial charge on any atom is -0.299 e. The van der Waals surface area contributed by atoms with Gasteiger partial charge in [-0.25, -0.2) is 0 Å². The van der Waals surface area contributed by atoms with E-state index in [0.717, 1.165) is 30.1 Å². The number of Topliss-reactive ketones (excluding diaryl/α,β-unsaturated/α-hetero) is 1. The Morgan fingerprint density at radius 2 is 2.00 bits per heavy atom. The third-order valence-electron chi connectivity index (χ3n) is 4.68. The lowest BCUT2D eigenvalue weighted by Gasteiger charge is -2.25. The zero-order valence-corrected chi connectivity index (χ0v) is 7.62. The summed E-state index contributed by atoms with van der Waals surface area (Å²) in [5, 5.41) is 0. The Morgan fingerprint density at radius 3 is 2.75 bits per heavy atom. The Bertz CT molecular complexity index is 233. The number of carbonyl (C=O) groups excluding carboxylic acids is 1. The van der Waals surface area contributed by atoms with Gasteiger partial charge in [0.1, 0.15) is 5.78 Å². The first-order valence-corrected chi connectivity index (χ1v) is 5.30. The Hall–Kier alpha value is -0.330. The van der Waals surface area contributed by atoms with Crippen molar-refractivity contribution in [3.63, 3.8) is 0 Å². The Balaban J connectivity index is 1.95. The predicted molar refractivity (Wildman–Crippen MR) is 46.6 cm³/mol. The molecule has 3 rings (SSSR count). The van der Waals surface area contributed by atoms with Crippen molar-refractivity contribution < 1.29 is 4.79 Å². The van der Waals surface area contributed by atoms with Gasteiger partial charge in [-0.05, 0) is 42.9 Å². The van der Waals surface area contributed by atoms with Crippen LogP contribution in [-0.2, 0) is 4.79 Å². The van der Waals surface area contributed by atoms with Crippen molar-refractivity contribution in [3.05, 3.63) is 0 Å². The normalized spacial score (nSPS) is 56.4. The summed E-state index contributed by atoms with van der Waals surface area (Å²) < 4.78 is 0. The van der Waals surface area contributed by atoms with Crippen LogP contribution in [0.5, 0.6) is 0 Å². The van der Waals surface area contributed by atoms with Crippen LogP contribution in [0.2, 0.25) is 0 Å². The van der Waals surface area contributed by atoms with Crippen LogP contribution in [0.15, 0.2) is 0 Å². The molecule has 2 bridgehead atoms. The molecule has 0 aromatic carbocycles. The molecule has 0 N–H and O–H groups in total. The van der Waals surface area contributed by atoms with Gasteiger partial charge in [0.05, 0.1) is 0 Å². The Kier molecular flexibility index (Phi) is 1.26. The van der Waals surface area contributed by atoms with Crippen molar-refractivity contribution >= 4 is 5.78 Å². The molecule has 3 aliphatic rings. The van der Waals surface area contributed by atoms with E-state index < -0.39 is 0 Å². The lowest BCUT2D eigenvalue weighted by Crippen LogP contribution is -2.21. The summed E-state index contributed by atoms with van der Waals surface area (Å²) in [4.78, 5) is 11.5. The van der Waals surface area contributed by atoms with Gasteiger partial charge in [-0.1, -0.05) is 6.92 Å². The molecule has 0 heterocycles. The Morgan fingerprint density at radius 1 is 1.25 bits per heavy atom. The zero-order chi connectivity index (χ0) is 8.29. The lowest BCUT2D eigenvalue weighted by molar-refractivity contribution is -0.121. The zero-order valence-electron chi connectivity index (χ0n) is 7.62. The molecule has 12 heavy (non-hydrogen) atoms. The van der Waals surface area contributed by atoms with Crippen LogP contribution in [-0.4, -0.2) is 5.78 Å². The summed E-state index contributed by atoms with van der Waals surface area (Å²) >= 11 is 0. The van der Waals surface area contributed by atoms with Crippen molar-refractivity contribution in [2.45, 2.75) is 32.6 Å². The standard InChI is InChI=1S/C11H16O/c1-6-10(12)5-9-7-2-3-8(4-7)11(6)9/h6-9,11H,2-5H2,1H3/t6-,7+,8-,9+,11-/m0/s1. The summed E-state index contributed by atoms with van der Waals surface area (Å²) in [6.07, 6.45) is 5.22. The summed E-state index contributed by atoms with van der Waals surface area (Å²) in [5.41, 5.74) is 0. The molecule has 0 saturated heterocycles. The third kappa shape index (κ3) is 0.681. The number of carbonyl (C=O) groups is 1. The van der Waals surface area contributed by atoms with E-state index in [4.69, 9.17) is 0 Å². The highest BCUT2D eigenvalue weighted by atomic mass is 16.1. The van der Waals surface area contributed by atoms with Gasteiger partial charge in [-0.15, -0.1) is 0 Å². The van der Waals surface area contributed by atoms with Crippen LogP contribution in [0.3, 0.4) is 0 Å². The fourth-order valence-electron chi connectivity index (χ4n) is 4.17. The molecule has 0 amide bonds. The molecule has 0 aliphatic heterocycles. The van der Waals surface area contributed by atoms with E-state index in [1.54, 1.807) is 0 Å². The van der Waals surface area contributed by atoms with Crippen molar-refractivity contribution in [2.24, 2.45) is 29.6 Å². The molecule has 0 spiro atoms. The lowest BCUT2D eigenvalue weighted by atomic mass is 9.78. The van der Waals surface area contributed by atoms with Crippen LogP contribution < -0.4 is 0 Å². The molecule has 0 unspecified atom stereocenters. The second-order valence-electron chi connectivity index (χ2n) is 5.03. The number of hydrogen-bond donors (Lipinski definition) is 0. The van der Waals surface area contributed by atoms with Crippen molar-refractivity contribution in [3.8, 4) is 0 Å². The predicted octanol–water partition coefficient (Wildman–Crippen LogP) is 2.26.